The molecule has 1 aliphatic carbocycles. The lowest BCUT2D eigenvalue weighted by atomic mass is 9.98. The Bertz CT molecular complexity index is 819. The van der Waals surface area contributed by atoms with E-state index in [0.717, 1.165) is 6.08 Å². The summed E-state index contributed by atoms with van der Waals surface area (Å²) in [6.07, 6.45) is 2.28. The maximum absolute atomic E-state index is 13.9. The Labute approximate surface area is 141 Å². The molecule has 2 N–H and O–H groups in total. The van der Waals surface area contributed by atoms with E-state index in [1.165, 1.54) is 13.0 Å². The fourth-order valence-corrected chi connectivity index (χ4v) is 2.16. The van der Waals surface area contributed by atoms with Crippen LogP contribution in [0.2, 0.25) is 0 Å². The fourth-order valence-electron chi connectivity index (χ4n) is 2.16. The molecular weight excluding hydrogens is 332 g/mol. The van der Waals surface area contributed by atoms with Crippen molar-refractivity contribution in [1.82, 2.24) is 20.2 Å². The normalized spacial score (nSPS) is 19.8. The highest BCUT2D eigenvalue weighted by Gasteiger charge is 2.29. The molecule has 2 heterocycles. The number of hydrogen-bond donors (Lipinski definition) is 2. The molecule has 3 rings (SSSR count). The van der Waals surface area contributed by atoms with Crippen LogP contribution in [0, 0.1) is 5.92 Å². The quantitative estimate of drug-likeness (QED) is 0.867. The number of halogens is 2. The van der Waals surface area contributed by atoms with Gasteiger partial charge in [-0.05, 0) is 24.3 Å². The third kappa shape index (κ3) is 3.87. The summed E-state index contributed by atoms with van der Waals surface area (Å²) in [5, 5.41) is 8.93. The average molecular weight is 347 g/mol. The van der Waals surface area contributed by atoms with Gasteiger partial charge in [-0.1, -0.05) is 13.0 Å². The average Bonchev–Trinajstić information content (AvgIpc) is 3.08. The Hall–Kier alpha value is -3.10. The zero-order chi connectivity index (χ0) is 17.8. The number of allylic oxidation sites excluding steroid dienone is 4. The van der Waals surface area contributed by atoms with E-state index in [2.05, 4.69) is 25.5 Å². The Kier molecular flexibility index (Phi) is 4.82. The third-order valence-corrected chi connectivity index (χ3v) is 3.57. The number of H-pyrrole nitrogens is 1. The van der Waals surface area contributed by atoms with Crippen molar-refractivity contribution in [2.24, 2.45) is 5.92 Å². The van der Waals surface area contributed by atoms with Crippen molar-refractivity contribution in [1.29, 1.82) is 0 Å². The molecule has 1 aliphatic rings. The van der Waals surface area contributed by atoms with Gasteiger partial charge in [-0.2, -0.15) is 4.98 Å². The van der Waals surface area contributed by atoms with Crippen LogP contribution in [0.3, 0.4) is 0 Å². The second-order valence-electron chi connectivity index (χ2n) is 5.37. The van der Waals surface area contributed by atoms with Crippen molar-refractivity contribution in [3.63, 3.8) is 0 Å². The van der Waals surface area contributed by atoms with Crippen molar-refractivity contribution < 1.29 is 18.3 Å². The van der Waals surface area contributed by atoms with Gasteiger partial charge < -0.3 is 4.74 Å². The molecule has 0 aromatic carbocycles. The van der Waals surface area contributed by atoms with Gasteiger partial charge in [0, 0.05) is 12.1 Å². The minimum Gasteiger partial charge on any atom is -0.485 e. The number of nitrogens with zero attached hydrogens (tertiary/aromatic N) is 3. The highest BCUT2D eigenvalue weighted by atomic mass is 19.1. The molecule has 25 heavy (non-hydrogen) atoms. The van der Waals surface area contributed by atoms with Gasteiger partial charge in [0.05, 0.1) is 0 Å². The number of ether oxygens (including phenoxy) is 1. The van der Waals surface area contributed by atoms with Crippen LogP contribution in [0.25, 0.3) is 11.5 Å². The first-order valence-electron chi connectivity index (χ1n) is 7.52. The number of pyridine rings is 1. The molecule has 2 aromatic rings. The minimum absolute atomic E-state index is 0.0444. The van der Waals surface area contributed by atoms with E-state index in [1.807, 2.05) is 0 Å². The SMILES string of the molecule is CC1C(F)=CC=C(OCC(=O)Nc2n[nH]c(-c3ccccn3)n2)C1F. The summed E-state index contributed by atoms with van der Waals surface area (Å²) in [5.74, 6) is -1.72. The molecule has 2 atom stereocenters. The Morgan fingerprint density at radius 2 is 2.24 bits per heavy atom. The van der Waals surface area contributed by atoms with Crippen LogP contribution < -0.4 is 5.32 Å². The fraction of sp³-hybridized carbons (Fsp3) is 0.250. The number of aromatic nitrogens is 4. The van der Waals surface area contributed by atoms with Gasteiger partial charge in [0.1, 0.15) is 17.3 Å². The number of aromatic amines is 1. The smallest absolute Gasteiger partial charge is 0.264 e. The van der Waals surface area contributed by atoms with Crippen molar-refractivity contribution in [3.8, 4) is 11.5 Å². The molecule has 0 fully saturated rings. The van der Waals surface area contributed by atoms with Gasteiger partial charge in [0.2, 0.25) is 5.95 Å². The van der Waals surface area contributed by atoms with Gasteiger partial charge in [-0.15, -0.1) is 5.10 Å². The molecule has 0 saturated carbocycles. The van der Waals surface area contributed by atoms with Crippen molar-refractivity contribution >= 4 is 11.9 Å². The predicted molar refractivity (Wildman–Crippen MR) is 85.5 cm³/mol. The topological polar surface area (TPSA) is 92.8 Å². The third-order valence-electron chi connectivity index (χ3n) is 3.57. The first kappa shape index (κ1) is 16.7. The molecule has 1 amide bonds. The lowest BCUT2D eigenvalue weighted by Crippen LogP contribution is -2.25. The highest BCUT2D eigenvalue weighted by molar-refractivity contribution is 5.90. The number of anilines is 1. The zero-order valence-electron chi connectivity index (χ0n) is 13.2. The zero-order valence-corrected chi connectivity index (χ0v) is 13.2. The number of hydrogen-bond acceptors (Lipinski definition) is 5. The van der Waals surface area contributed by atoms with Gasteiger partial charge >= 0.3 is 0 Å². The number of carbonyl (C=O) groups is 1. The van der Waals surface area contributed by atoms with Crippen molar-refractivity contribution in [2.45, 2.75) is 13.1 Å². The van der Waals surface area contributed by atoms with Crippen molar-refractivity contribution in [3.05, 3.63) is 48.1 Å². The van der Waals surface area contributed by atoms with E-state index in [0.29, 0.717) is 11.5 Å². The van der Waals surface area contributed by atoms with Crippen LogP contribution in [-0.4, -0.2) is 38.9 Å². The van der Waals surface area contributed by atoms with Gasteiger partial charge in [-0.25, -0.2) is 8.78 Å². The summed E-state index contributed by atoms with van der Waals surface area (Å²) in [5.41, 5.74) is 0.571. The molecule has 0 spiro atoms. The molecular formula is C16H15F2N5O2. The van der Waals surface area contributed by atoms with E-state index in [-0.39, 0.29) is 11.7 Å². The summed E-state index contributed by atoms with van der Waals surface area (Å²) in [4.78, 5) is 20.1. The van der Waals surface area contributed by atoms with Gasteiger partial charge in [-0.3, -0.25) is 20.2 Å². The van der Waals surface area contributed by atoms with E-state index >= 15 is 0 Å². The Balaban J connectivity index is 1.56. The van der Waals surface area contributed by atoms with Crippen LogP contribution in [0.1, 0.15) is 6.92 Å². The number of rotatable bonds is 5. The second kappa shape index (κ2) is 7.20. The lowest BCUT2D eigenvalue weighted by molar-refractivity contribution is -0.119. The molecule has 130 valence electrons. The first-order valence-corrected chi connectivity index (χ1v) is 7.52. The number of nitrogens with one attached hydrogen (secondary N) is 2. The summed E-state index contributed by atoms with van der Waals surface area (Å²) in [6, 6.07) is 5.29. The maximum Gasteiger partial charge on any atom is 0.264 e. The van der Waals surface area contributed by atoms with Crippen LogP contribution in [-0.2, 0) is 9.53 Å². The number of alkyl halides is 1. The molecule has 2 aromatic heterocycles. The minimum atomic E-state index is -1.63. The monoisotopic (exact) mass is 347 g/mol. The molecule has 0 radical (unpaired) electrons. The number of carbonyl (C=O) groups excluding carboxylic acids is 1. The standard InChI is InChI=1S/C16H15F2N5O2/c1-9-10(17)5-6-12(14(9)18)25-8-13(24)20-16-21-15(22-23-16)11-4-2-3-7-19-11/h2-7,9,14H,8H2,1H3,(H2,20,21,22,23,24). The highest BCUT2D eigenvalue weighted by Crippen LogP contribution is 2.29. The molecule has 0 aliphatic heterocycles. The molecule has 0 saturated heterocycles. The van der Waals surface area contributed by atoms with E-state index in [4.69, 9.17) is 4.74 Å². The summed E-state index contributed by atoms with van der Waals surface area (Å²) in [7, 11) is 0. The van der Waals surface area contributed by atoms with E-state index in [9.17, 15) is 13.6 Å². The summed E-state index contributed by atoms with van der Waals surface area (Å²) >= 11 is 0. The van der Waals surface area contributed by atoms with Crippen molar-refractivity contribution in [2.75, 3.05) is 11.9 Å². The molecule has 7 nitrogen and oxygen atoms in total. The molecule has 0 bridgehead atoms. The van der Waals surface area contributed by atoms with Crippen LogP contribution in [0.15, 0.2) is 48.1 Å². The van der Waals surface area contributed by atoms with Crippen LogP contribution >= 0.6 is 0 Å². The molecule has 9 heteroatoms. The molecule has 2 unspecified atom stereocenters. The van der Waals surface area contributed by atoms with Gasteiger partial charge in [0.25, 0.3) is 5.91 Å². The largest absolute Gasteiger partial charge is 0.485 e. The lowest BCUT2D eigenvalue weighted by Gasteiger charge is -2.21. The van der Waals surface area contributed by atoms with E-state index in [1.54, 1.807) is 24.4 Å². The predicted octanol–water partition coefficient (Wildman–Crippen LogP) is 2.55. The Morgan fingerprint density at radius 3 is 3.00 bits per heavy atom. The Morgan fingerprint density at radius 1 is 1.40 bits per heavy atom. The first-order chi connectivity index (χ1) is 12.0. The maximum atomic E-state index is 13.9. The van der Waals surface area contributed by atoms with Crippen LogP contribution in [0.5, 0.6) is 0 Å². The summed E-state index contributed by atoms with van der Waals surface area (Å²) < 4.78 is 32.3. The second-order valence-corrected chi connectivity index (χ2v) is 5.37. The number of amides is 1. The van der Waals surface area contributed by atoms with E-state index < -0.39 is 30.4 Å². The van der Waals surface area contributed by atoms with Gasteiger partial charge in [0.15, 0.2) is 18.6 Å². The summed E-state index contributed by atoms with van der Waals surface area (Å²) in [6.45, 7) is 0.960. The van der Waals surface area contributed by atoms with Crippen LogP contribution in [0.4, 0.5) is 14.7 Å².